The second-order valence-electron chi connectivity index (χ2n) is 8.16. The van der Waals surface area contributed by atoms with Gasteiger partial charge in [-0.2, -0.15) is 0 Å². The average molecular weight is 325 g/mol. The van der Waals surface area contributed by atoms with Crippen molar-refractivity contribution in [3.05, 3.63) is 12.2 Å². The van der Waals surface area contributed by atoms with Crippen LogP contribution in [0, 0.1) is 0 Å². The quantitative estimate of drug-likeness (QED) is 0.473. The first kappa shape index (κ1) is 20.2. The van der Waals surface area contributed by atoms with Crippen molar-refractivity contribution in [2.24, 2.45) is 0 Å². The summed E-state index contributed by atoms with van der Waals surface area (Å²) in [5, 5.41) is 0. The SMILES string of the molecule is CC(CC/C=C/C(=O)OC(C)(C)C)OC1(C)CCCCCCC1. The number of allylic oxidation sites excluding steroid dienone is 1. The lowest BCUT2D eigenvalue weighted by Crippen LogP contribution is -2.33. The van der Waals surface area contributed by atoms with Crippen LogP contribution < -0.4 is 0 Å². The Bertz CT molecular complexity index is 371. The summed E-state index contributed by atoms with van der Waals surface area (Å²) >= 11 is 0. The minimum atomic E-state index is -0.426. The first-order valence-corrected chi connectivity index (χ1v) is 9.28. The van der Waals surface area contributed by atoms with Crippen molar-refractivity contribution in [3.8, 4) is 0 Å². The number of carbonyl (C=O) groups is 1. The van der Waals surface area contributed by atoms with Gasteiger partial charge in [0.05, 0.1) is 11.7 Å². The van der Waals surface area contributed by atoms with Crippen molar-refractivity contribution in [3.63, 3.8) is 0 Å². The summed E-state index contributed by atoms with van der Waals surface area (Å²) < 4.78 is 11.6. The lowest BCUT2D eigenvalue weighted by Gasteiger charge is -2.34. The molecule has 134 valence electrons. The van der Waals surface area contributed by atoms with Crippen LogP contribution in [0.2, 0.25) is 0 Å². The molecule has 0 saturated heterocycles. The van der Waals surface area contributed by atoms with Crippen molar-refractivity contribution in [1.82, 2.24) is 0 Å². The van der Waals surface area contributed by atoms with E-state index in [1.807, 2.05) is 26.8 Å². The molecule has 1 unspecified atom stereocenters. The van der Waals surface area contributed by atoms with Gasteiger partial charge in [0.15, 0.2) is 0 Å². The summed E-state index contributed by atoms with van der Waals surface area (Å²) in [6.07, 6.45) is 14.4. The van der Waals surface area contributed by atoms with E-state index < -0.39 is 5.60 Å². The van der Waals surface area contributed by atoms with E-state index in [0.717, 1.165) is 12.8 Å². The van der Waals surface area contributed by atoms with Gasteiger partial charge < -0.3 is 9.47 Å². The van der Waals surface area contributed by atoms with E-state index in [2.05, 4.69) is 13.8 Å². The van der Waals surface area contributed by atoms with Crippen LogP contribution in [-0.2, 0) is 14.3 Å². The smallest absolute Gasteiger partial charge is 0.330 e. The van der Waals surface area contributed by atoms with Gasteiger partial charge in [-0.05, 0) is 60.3 Å². The molecule has 0 N–H and O–H groups in total. The minimum Gasteiger partial charge on any atom is -0.457 e. The lowest BCUT2D eigenvalue weighted by molar-refractivity contribution is -0.148. The van der Waals surface area contributed by atoms with Gasteiger partial charge >= 0.3 is 5.97 Å². The summed E-state index contributed by atoms with van der Waals surface area (Å²) in [6, 6.07) is 0. The van der Waals surface area contributed by atoms with Gasteiger partial charge in [0, 0.05) is 6.08 Å². The molecule has 3 heteroatoms. The fourth-order valence-corrected chi connectivity index (χ4v) is 3.16. The number of hydrogen-bond donors (Lipinski definition) is 0. The Balaban J connectivity index is 2.30. The molecule has 0 amide bonds. The summed E-state index contributed by atoms with van der Waals surface area (Å²) in [7, 11) is 0. The first-order chi connectivity index (χ1) is 10.7. The normalized spacial score (nSPS) is 20.7. The van der Waals surface area contributed by atoms with Crippen LogP contribution >= 0.6 is 0 Å². The molecular formula is C20H36O3. The molecule has 0 aliphatic heterocycles. The highest BCUT2D eigenvalue weighted by Gasteiger charge is 2.27. The largest absolute Gasteiger partial charge is 0.457 e. The Hall–Kier alpha value is -0.830. The molecule has 0 bridgehead atoms. The molecule has 0 aromatic carbocycles. The van der Waals surface area contributed by atoms with Crippen LogP contribution in [-0.4, -0.2) is 23.3 Å². The van der Waals surface area contributed by atoms with Crippen molar-refractivity contribution in [1.29, 1.82) is 0 Å². The second-order valence-corrected chi connectivity index (χ2v) is 8.16. The molecule has 1 aliphatic rings. The topological polar surface area (TPSA) is 35.5 Å². The number of carbonyl (C=O) groups excluding carboxylic acids is 1. The Morgan fingerprint density at radius 3 is 2.26 bits per heavy atom. The highest BCUT2D eigenvalue weighted by Crippen LogP contribution is 2.31. The number of esters is 1. The first-order valence-electron chi connectivity index (χ1n) is 9.28. The van der Waals surface area contributed by atoms with E-state index in [0.29, 0.717) is 0 Å². The van der Waals surface area contributed by atoms with Crippen LogP contribution in [0.3, 0.4) is 0 Å². The lowest BCUT2D eigenvalue weighted by atomic mass is 9.88. The maximum atomic E-state index is 11.6. The van der Waals surface area contributed by atoms with Crippen LogP contribution in [0.15, 0.2) is 12.2 Å². The fraction of sp³-hybridized carbons (Fsp3) is 0.850. The number of hydrogen-bond acceptors (Lipinski definition) is 3. The molecule has 0 spiro atoms. The van der Waals surface area contributed by atoms with Gasteiger partial charge in [-0.15, -0.1) is 0 Å². The average Bonchev–Trinajstić information content (AvgIpc) is 2.38. The van der Waals surface area contributed by atoms with Crippen LogP contribution in [0.4, 0.5) is 0 Å². The molecule has 0 heterocycles. The zero-order chi connectivity index (χ0) is 17.3. The molecule has 1 atom stereocenters. The highest BCUT2D eigenvalue weighted by molar-refractivity contribution is 5.82. The van der Waals surface area contributed by atoms with Crippen molar-refractivity contribution in [2.75, 3.05) is 0 Å². The molecule has 1 aliphatic carbocycles. The Kier molecular flexibility index (Phi) is 8.32. The molecule has 0 aromatic rings. The molecule has 3 nitrogen and oxygen atoms in total. The van der Waals surface area contributed by atoms with Gasteiger partial charge in [0.25, 0.3) is 0 Å². The molecule has 0 aromatic heterocycles. The summed E-state index contributed by atoms with van der Waals surface area (Å²) in [5.41, 5.74) is -0.390. The molecule has 23 heavy (non-hydrogen) atoms. The number of ether oxygens (including phenoxy) is 2. The second kappa shape index (κ2) is 9.46. The zero-order valence-electron chi connectivity index (χ0n) is 15.8. The highest BCUT2D eigenvalue weighted by atomic mass is 16.6. The maximum absolute atomic E-state index is 11.6. The van der Waals surface area contributed by atoms with E-state index in [4.69, 9.17) is 9.47 Å². The van der Waals surface area contributed by atoms with Crippen molar-refractivity contribution >= 4 is 5.97 Å². The predicted molar refractivity (Wildman–Crippen MR) is 95.5 cm³/mol. The van der Waals surface area contributed by atoms with Crippen LogP contribution in [0.25, 0.3) is 0 Å². The molecule has 1 fully saturated rings. The van der Waals surface area contributed by atoms with Crippen LogP contribution in [0.1, 0.15) is 92.4 Å². The zero-order valence-corrected chi connectivity index (χ0v) is 15.8. The van der Waals surface area contributed by atoms with Gasteiger partial charge in [-0.1, -0.05) is 38.2 Å². The van der Waals surface area contributed by atoms with Crippen molar-refractivity contribution in [2.45, 2.75) is 110 Å². The summed E-state index contributed by atoms with van der Waals surface area (Å²) in [6.45, 7) is 10.1. The maximum Gasteiger partial charge on any atom is 0.330 e. The standard InChI is InChI=1S/C20H36O3/c1-17(13-9-10-14-18(21)23-19(2,3)4)22-20(5)15-11-7-6-8-12-16-20/h10,14,17H,6-9,11-13,15-16H2,1-5H3/b14-10+. The fourth-order valence-electron chi connectivity index (χ4n) is 3.16. The van der Waals surface area contributed by atoms with E-state index in [9.17, 15) is 4.79 Å². The Morgan fingerprint density at radius 1 is 1.13 bits per heavy atom. The van der Waals surface area contributed by atoms with E-state index in [-0.39, 0.29) is 17.7 Å². The number of rotatable bonds is 6. The molecular weight excluding hydrogens is 288 g/mol. The van der Waals surface area contributed by atoms with E-state index >= 15 is 0 Å². The summed E-state index contributed by atoms with van der Waals surface area (Å²) in [4.78, 5) is 11.6. The predicted octanol–water partition coefficient (Wildman–Crippen LogP) is 5.57. The van der Waals surface area contributed by atoms with E-state index in [1.165, 1.54) is 51.0 Å². The van der Waals surface area contributed by atoms with Gasteiger partial charge in [0.1, 0.15) is 5.60 Å². The summed E-state index contributed by atoms with van der Waals surface area (Å²) in [5.74, 6) is -0.266. The minimum absolute atomic E-state index is 0.0364. The third-order valence-electron chi connectivity index (χ3n) is 4.30. The molecule has 1 rings (SSSR count). The Labute approximate surface area is 142 Å². The third kappa shape index (κ3) is 9.80. The third-order valence-corrected chi connectivity index (χ3v) is 4.30. The molecule has 0 radical (unpaired) electrons. The van der Waals surface area contributed by atoms with Gasteiger partial charge in [-0.3, -0.25) is 0 Å². The van der Waals surface area contributed by atoms with E-state index in [1.54, 1.807) is 0 Å². The van der Waals surface area contributed by atoms with Gasteiger partial charge in [0.2, 0.25) is 0 Å². The van der Waals surface area contributed by atoms with Gasteiger partial charge in [-0.25, -0.2) is 4.79 Å². The van der Waals surface area contributed by atoms with Crippen LogP contribution in [0.5, 0.6) is 0 Å². The monoisotopic (exact) mass is 324 g/mol. The Morgan fingerprint density at radius 2 is 1.70 bits per heavy atom. The van der Waals surface area contributed by atoms with Crippen molar-refractivity contribution < 1.29 is 14.3 Å². The molecule has 1 saturated carbocycles.